The summed E-state index contributed by atoms with van der Waals surface area (Å²) in [5.41, 5.74) is 0. The molecule has 1 aliphatic carbocycles. The molecule has 1 N–H and O–H groups in total. The van der Waals surface area contributed by atoms with E-state index in [2.05, 4.69) is 38.0 Å². The van der Waals surface area contributed by atoms with Gasteiger partial charge in [-0.2, -0.15) is 11.8 Å². The third kappa shape index (κ3) is 3.17. The molecule has 78 valence electrons. The molecule has 1 nitrogen and oxygen atoms in total. The summed E-state index contributed by atoms with van der Waals surface area (Å²) in [6.45, 7) is 4.66. The predicted octanol–water partition coefficient (Wildman–Crippen LogP) is 2.76. The van der Waals surface area contributed by atoms with Gasteiger partial charge in [-0.15, -0.1) is 0 Å². The number of hydrogen-bond donors (Lipinski definition) is 1. The second-order valence-corrected chi connectivity index (χ2v) is 5.47. The Bertz CT molecular complexity index is 138. The smallest absolute Gasteiger partial charge is 0.00924 e. The van der Waals surface area contributed by atoms with Crippen LogP contribution in [0.4, 0.5) is 0 Å². The van der Waals surface area contributed by atoms with Crippen LogP contribution in [0, 0.1) is 11.8 Å². The van der Waals surface area contributed by atoms with Gasteiger partial charge < -0.3 is 5.32 Å². The first-order chi connectivity index (χ1) is 6.29. The zero-order chi connectivity index (χ0) is 9.68. The first-order valence-corrected chi connectivity index (χ1v) is 6.70. The normalized spacial score (nSPS) is 33.9. The van der Waals surface area contributed by atoms with Crippen molar-refractivity contribution in [2.45, 2.75) is 39.2 Å². The van der Waals surface area contributed by atoms with E-state index in [1.165, 1.54) is 30.8 Å². The molecule has 0 heterocycles. The molecule has 0 aromatic rings. The molecule has 0 bridgehead atoms. The van der Waals surface area contributed by atoms with Crippen LogP contribution in [0.25, 0.3) is 0 Å². The van der Waals surface area contributed by atoms with Crippen molar-refractivity contribution in [2.24, 2.45) is 11.8 Å². The molecule has 0 aliphatic heterocycles. The van der Waals surface area contributed by atoms with Crippen molar-refractivity contribution in [3.63, 3.8) is 0 Å². The third-order valence-corrected chi connectivity index (χ3v) is 4.37. The minimum absolute atomic E-state index is 0.789. The highest BCUT2D eigenvalue weighted by atomic mass is 32.2. The van der Waals surface area contributed by atoms with Gasteiger partial charge >= 0.3 is 0 Å². The Hall–Kier alpha value is 0.310. The van der Waals surface area contributed by atoms with Gasteiger partial charge in [-0.3, -0.25) is 0 Å². The van der Waals surface area contributed by atoms with E-state index in [-0.39, 0.29) is 0 Å². The highest BCUT2D eigenvalue weighted by Crippen LogP contribution is 2.34. The summed E-state index contributed by atoms with van der Waals surface area (Å²) < 4.78 is 0. The number of thioether (sulfide) groups is 1. The maximum Gasteiger partial charge on any atom is 0.00924 e. The lowest BCUT2D eigenvalue weighted by atomic mass is 9.93. The van der Waals surface area contributed by atoms with Crippen molar-refractivity contribution >= 4 is 11.8 Å². The van der Waals surface area contributed by atoms with Crippen LogP contribution < -0.4 is 5.32 Å². The number of rotatable bonds is 5. The van der Waals surface area contributed by atoms with Crippen LogP contribution in [0.3, 0.4) is 0 Å². The van der Waals surface area contributed by atoms with Crippen LogP contribution in [0.1, 0.15) is 33.1 Å². The molecule has 3 atom stereocenters. The molecular formula is C11H23NS. The first kappa shape index (κ1) is 11.4. The number of nitrogens with one attached hydrogen (secondary N) is 1. The third-order valence-electron chi connectivity index (χ3n) is 3.43. The summed E-state index contributed by atoms with van der Waals surface area (Å²) in [4.78, 5) is 0. The largest absolute Gasteiger partial charge is 0.317 e. The molecular weight excluding hydrogens is 178 g/mol. The monoisotopic (exact) mass is 201 g/mol. The Kier molecular flexibility index (Phi) is 5.18. The molecule has 0 aromatic heterocycles. The molecule has 0 aromatic carbocycles. The molecule has 1 rings (SSSR count). The lowest BCUT2D eigenvalue weighted by Crippen LogP contribution is -2.29. The van der Waals surface area contributed by atoms with Gasteiger partial charge in [0, 0.05) is 6.04 Å². The quantitative estimate of drug-likeness (QED) is 0.687. The van der Waals surface area contributed by atoms with Crippen molar-refractivity contribution in [3.05, 3.63) is 0 Å². The summed E-state index contributed by atoms with van der Waals surface area (Å²) in [6.07, 6.45) is 4.26. The molecule has 0 radical (unpaired) electrons. The maximum atomic E-state index is 3.43. The van der Waals surface area contributed by atoms with Gasteiger partial charge in [0.1, 0.15) is 0 Å². The fraction of sp³-hybridized carbons (Fsp3) is 1.00. The summed E-state index contributed by atoms with van der Waals surface area (Å²) in [5, 5.41) is 3.43. The van der Waals surface area contributed by atoms with Gasteiger partial charge in [0.05, 0.1) is 0 Å². The van der Waals surface area contributed by atoms with Crippen molar-refractivity contribution in [1.29, 1.82) is 0 Å². The van der Waals surface area contributed by atoms with Gasteiger partial charge in [-0.1, -0.05) is 13.8 Å². The van der Waals surface area contributed by atoms with Gasteiger partial charge in [-0.25, -0.2) is 0 Å². The van der Waals surface area contributed by atoms with Crippen LogP contribution >= 0.6 is 11.8 Å². The standard InChI is InChI=1S/C11H23NS/c1-4-13-8-7-10-5-6-11(12-3)9(10)2/h9-12H,4-8H2,1-3H3. The highest BCUT2D eigenvalue weighted by Gasteiger charge is 2.30. The van der Waals surface area contributed by atoms with E-state index >= 15 is 0 Å². The SMILES string of the molecule is CCSCCC1CCC(NC)C1C. The molecule has 3 unspecified atom stereocenters. The zero-order valence-electron chi connectivity index (χ0n) is 9.18. The van der Waals surface area contributed by atoms with Crippen molar-refractivity contribution in [1.82, 2.24) is 5.32 Å². The Morgan fingerprint density at radius 1 is 1.38 bits per heavy atom. The first-order valence-electron chi connectivity index (χ1n) is 5.54. The lowest BCUT2D eigenvalue weighted by Gasteiger charge is -2.19. The van der Waals surface area contributed by atoms with Crippen molar-refractivity contribution in [3.8, 4) is 0 Å². The second kappa shape index (κ2) is 5.92. The molecule has 0 amide bonds. The van der Waals surface area contributed by atoms with Crippen molar-refractivity contribution in [2.75, 3.05) is 18.6 Å². The summed E-state index contributed by atoms with van der Waals surface area (Å²) in [5.74, 6) is 4.51. The van der Waals surface area contributed by atoms with Crippen LogP contribution in [0.15, 0.2) is 0 Å². The van der Waals surface area contributed by atoms with E-state index in [9.17, 15) is 0 Å². The minimum atomic E-state index is 0.789. The van der Waals surface area contributed by atoms with Crippen molar-refractivity contribution < 1.29 is 0 Å². The van der Waals surface area contributed by atoms with E-state index < -0.39 is 0 Å². The predicted molar refractivity (Wildman–Crippen MR) is 62.4 cm³/mol. The van der Waals surface area contributed by atoms with Crippen LogP contribution in [-0.2, 0) is 0 Å². The average Bonchev–Trinajstić information content (AvgIpc) is 2.48. The van der Waals surface area contributed by atoms with E-state index in [0.29, 0.717) is 0 Å². The molecule has 0 spiro atoms. The summed E-state index contributed by atoms with van der Waals surface area (Å²) in [7, 11) is 2.10. The highest BCUT2D eigenvalue weighted by molar-refractivity contribution is 7.99. The minimum Gasteiger partial charge on any atom is -0.317 e. The molecule has 2 heteroatoms. The van der Waals surface area contributed by atoms with E-state index in [1.54, 1.807) is 0 Å². The Morgan fingerprint density at radius 3 is 2.69 bits per heavy atom. The van der Waals surface area contributed by atoms with Crippen LogP contribution in [-0.4, -0.2) is 24.6 Å². The van der Waals surface area contributed by atoms with E-state index in [4.69, 9.17) is 0 Å². The van der Waals surface area contributed by atoms with Gasteiger partial charge in [0.25, 0.3) is 0 Å². The lowest BCUT2D eigenvalue weighted by molar-refractivity contribution is 0.359. The number of hydrogen-bond acceptors (Lipinski definition) is 2. The summed E-state index contributed by atoms with van der Waals surface area (Å²) >= 11 is 2.09. The second-order valence-electron chi connectivity index (χ2n) is 4.08. The van der Waals surface area contributed by atoms with Crippen LogP contribution in [0.2, 0.25) is 0 Å². The van der Waals surface area contributed by atoms with E-state index in [1.807, 2.05) is 0 Å². The molecule has 13 heavy (non-hydrogen) atoms. The van der Waals surface area contributed by atoms with E-state index in [0.717, 1.165) is 17.9 Å². The average molecular weight is 201 g/mol. The molecule has 0 saturated heterocycles. The Morgan fingerprint density at radius 2 is 2.15 bits per heavy atom. The fourth-order valence-electron chi connectivity index (χ4n) is 2.44. The maximum absolute atomic E-state index is 3.43. The molecule has 1 saturated carbocycles. The summed E-state index contributed by atoms with van der Waals surface area (Å²) in [6, 6.07) is 0.789. The topological polar surface area (TPSA) is 12.0 Å². The fourth-order valence-corrected chi connectivity index (χ4v) is 3.20. The zero-order valence-corrected chi connectivity index (χ0v) is 9.99. The van der Waals surface area contributed by atoms with Crippen LogP contribution in [0.5, 0.6) is 0 Å². The van der Waals surface area contributed by atoms with Gasteiger partial charge in [0.2, 0.25) is 0 Å². The molecule has 1 fully saturated rings. The molecule has 1 aliphatic rings. The van der Waals surface area contributed by atoms with Gasteiger partial charge in [0.15, 0.2) is 0 Å². The Labute approximate surface area is 87.1 Å². The van der Waals surface area contributed by atoms with Gasteiger partial charge in [-0.05, 0) is 49.7 Å². The Balaban J connectivity index is 2.20.